The first kappa shape index (κ1) is 15.8. The summed E-state index contributed by atoms with van der Waals surface area (Å²) in [6, 6.07) is 0.299. The first-order chi connectivity index (χ1) is 8.79. The van der Waals surface area contributed by atoms with Crippen molar-refractivity contribution >= 4 is 17.5 Å². The monoisotopic (exact) mass is 273 g/mol. The van der Waals surface area contributed by atoms with Crippen molar-refractivity contribution in [2.24, 2.45) is 0 Å². The number of alkyl halides is 1. The highest BCUT2D eigenvalue weighted by atomic mass is 35.5. The van der Waals surface area contributed by atoms with E-state index in [1.165, 1.54) is 38.5 Å². The van der Waals surface area contributed by atoms with Crippen molar-refractivity contribution in [2.45, 2.75) is 77.2 Å². The van der Waals surface area contributed by atoms with Crippen LogP contribution in [0.1, 0.15) is 71.1 Å². The van der Waals surface area contributed by atoms with Crippen molar-refractivity contribution in [1.82, 2.24) is 4.90 Å². The lowest BCUT2D eigenvalue weighted by atomic mass is 10.0. The molecule has 1 unspecified atom stereocenters. The van der Waals surface area contributed by atoms with E-state index in [0.717, 1.165) is 32.2 Å². The van der Waals surface area contributed by atoms with Gasteiger partial charge in [0.05, 0.1) is 0 Å². The van der Waals surface area contributed by atoms with Gasteiger partial charge in [-0.1, -0.05) is 39.0 Å². The van der Waals surface area contributed by atoms with Gasteiger partial charge in [0.2, 0.25) is 5.91 Å². The third kappa shape index (κ3) is 5.60. The Morgan fingerprint density at radius 1 is 1.17 bits per heavy atom. The van der Waals surface area contributed by atoms with Gasteiger partial charge in [0.1, 0.15) is 0 Å². The number of hydrogen-bond donors (Lipinski definition) is 0. The number of carbonyl (C=O) groups excluding carboxylic acids is 1. The number of amides is 1. The molecule has 0 aromatic carbocycles. The molecule has 3 heteroatoms. The summed E-state index contributed by atoms with van der Waals surface area (Å²) < 4.78 is 0. The van der Waals surface area contributed by atoms with Crippen LogP contribution in [0.4, 0.5) is 0 Å². The minimum atomic E-state index is 0.299. The predicted octanol–water partition coefficient (Wildman–Crippen LogP) is 4.36. The zero-order valence-corrected chi connectivity index (χ0v) is 12.6. The summed E-state index contributed by atoms with van der Waals surface area (Å²) in [5.74, 6) is 0.929. The number of likely N-dealkylation sites (tertiary alicyclic amines) is 1. The second-order valence-electron chi connectivity index (χ2n) is 5.41. The highest BCUT2D eigenvalue weighted by Crippen LogP contribution is 2.20. The number of hydrogen-bond acceptors (Lipinski definition) is 1. The third-order valence-electron chi connectivity index (χ3n) is 3.87. The van der Waals surface area contributed by atoms with Gasteiger partial charge in [-0.3, -0.25) is 4.79 Å². The summed E-state index contributed by atoms with van der Waals surface area (Å²) in [5, 5.41) is 0. The Morgan fingerprint density at radius 3 is 2.61 bits per heavy atom. The van der Waals surface area contributed by atoms with E-state index in [1.54, 1.807) is 0 Å². The Hall–Kier alpha value is -0.240. The topological polar surface area (TPSA) is 20.3 Å². The van der Waals surface area contributed by atoms with Crippen LogP contribution in [-0.2, 0) is 4.79 Å². The average Bonchev–Trinajstić information content (AvgIpc) is 2.42. The highest BCUT2D eigenvalue weighted by Gasteiger charge is 2.25. The maximum absolute atomic E-state index is 12.1. The summed E-state index contributed by atoms with van der Waals surface area (Å²) in [7, 11) is 0. The molecule has 0 N–H and O–H groups in total. The van der Waals surface area contributed by atoms with E-state index in [9.17, 15) is 4.79 Å². The second-order valence-corrected chi connectivity index (χ2v) is 5.72. The number of carbonyl (C=O) groups is 1. The van der Waals surface area contributed by atoms with Crippen molar-refractivity contribution in [3.05, 3.63) is 0 Å². The summed E-state index contributed by atoms with van der Waals surface area (Å²) in [6.07, 6.45) is 11.6. The van der Waals surface area contributed by atoms with Crippen LogP contribution in [0.5, 0.6) is 0 Å². The molecular weight excluding hydrogens is 246 g/mol. The average molecular weight is 274 g/mol. The molecule has 2 nitrogen and oxygen atoms in total. The van der Waals surface area contributed by atoms with E-state index in [4.69, 9.17) is 11.6 Å². The molecule has 1 aliphatic heterocycles. The van der Waals surface area contributed by atoms with Crippen LogP contribution >= 0.6 is 11.6 Å². The quantitative estimate of drug-likeness (QED) is 0.475. The standard InChI is InChI=1S/C15H28ClNO/c1-2-3-4-5-6-7-11-15(18)17-12-9-8-10-14(17)13-16/h14H,2-13H2,1H3. The van der Waals surface area contributed by atoms with E-state index in [2.05, 4.69) is 6.92 Å². The van der Waals surface area contributed by atoms with Crippen molar-refractivity contribution in [2.75, 3.05) is 12.4 Å². The van der Waals surface area contributed by atoms with Crippen LogP contribution in [0.25, 0.3) is 0 Å². The van der Waals surface area contributed by atoms with E-state index in [0.29, 0.717) is 17.8 Å². The van der Waals surface area contributed by atoms with Gasteiger partial charge in [-0.05, 0) is 25.7 Å². The van der Waals surface area contributed by atoms with Gasteiger partial charge in [-0.2, -0.15) is 0 Å². The van der Waals surface area contributed by atoms with Gasteiger partial charge < -0.3 is 4.90 Å². The lowest BCUT2D eigenvalue weighted by Crippen LogP contribution is -2.44. The Morgan fingerprint density at radius 2 is 1.89 bits per heavy atom. The van der Waals surface area contributed by atoms with Gasteiger partial charge in [0.15, 0.2) is 0 Å². The van der Waals surface area contributed by atoms with E-state index < -0.39 is 0 Å². The van der Waals surface area contributed by atoms with E-state index in [1.807, 2.05) is 4.90 Å². The molecular formula is C15H28ClNO. The van der Waals surface area contributed by atoms with E-state index in [-0.39, 0.29) is 0 Å². The maximum Gasteiger partial charge on any atom is 0.222 e. The molecule has 1 aliphatic rings. The number of piperidine rings is 1. The van der Waals surface area contributed by atoms with Gasteiger partial charge in [0, 0.05) is 24.9 Å². The molecule has 1 rings (SSSR count). The molecule has 0 spiro atoms. The molecule has 0 aliphatic carbocycles. The number of halogens is 1. The normalized spacial score (nSPS) is 20.1. The van der Waals surface area contributed by atoms with Crippen LogP contribution < -0.4 is 0 Å². The van der Waals surface area contributed by atoms with Crippen molar-refractivity contribution < 1.29 is 4.79 Å². The molecule has 0 saturated carbocycles. The molecule has 1 saturated heterocycles. The van der Waals surface area contributed by atoms with Gasteiger partial charge in [0.25, 0.3) is 0 Å². The fourth-order valence-corrected chi connectivity index (χ4v) is 3.01. The summed E-state index contributed by atoms with van der Waals surface area (Å²) >= 11 is 5.94. The largest absolute Gasteiger partial charge is 0.339 e. The van der Waals surface area contributed by atoms with Crippen LogP contribution in [0.3, 0.4) is 0 Å². The zero-order chi connectivity index (χ0) is 13.2. The lowest BCUT2D eigenvalue weighted by molar-refractivity contribution is -0.134. The van der Waals surface area contributed by atoms with Crippen LogP contribution in [-0.4, -0.2) is 29.3 Å². The number of rotatable bonds is 8. The summed E-state index contributed by atoms with van der Waals surface area (Å²) in [4.78, 5) is 14.2. The SMILES string of the molecule is CCCCCCCCC(=O)N1CCCCC1CCl. The van der Waals surface area contributed by atoms with Crippen LogP contribution in [0, 0.1) is 0 Å². The smallest absolute Gasteiger partial charge is 0.222 e. The van der Waals surface area contributed by atoms with Crippen molar-refractivity contribution in [1.29, 1.82) is 0 Å². The Balaban J connectivity index is 2.14. The fraction of sp³-hybridized carbons (Fsp3) is 0.933. The maximum atomic E-state index is 12.1. The molecule has 1 fully saturated rings. The van der Waals surface area contributed by atoms with Crippen LogP contribution in [0.15, 0.2) is 0 Å². The lowest BCUT2D eigenvalue weighted by Gasteiger charge is -2.34. The first-order valence-electron chi connectivity index (χ1n) is 7.65. The fourth-order valence-electron chi connectivity index (χ4n) is 2.69. The second kappa shape index (κ2) is 9.66. The molecule has 1 heterocycles. The highest BCUT2D eigenvalue weighted by molar-refractivity contribution is 6.18. The minimum Gasteiger partial charge on any atom is -0.339 e. The summed E-state index contributed by atoms with van der Waals surface area (Å²) in [6.45, 7) is 3.15. The Kier molecular flexibility index (Phi) is 8.49. The Labute approximate surface area is 117 Å². The number of nitrogens with zero attached hydrogens (tertiary/aromatic N) is 1. The minimum absolute atomic E-state index is 0.299. The molecule has 0 aromatic heterocycles. The van der Waals surface area contributed by atoms with Crippen molar-refractivity contribution in [3.63, 3.8) is 0 Å². The zero-order valence-electron chi connectivity index (χ0n) is 11.8. The van der Waals surface area contributed by atoms with Gasteiger partial charge >= 0.3 is 0 Å². The molecule has 1 atom stereocenters. The molecule has 0 aromatic rings. The predicted molar refractivity (Wildman–Crippen MR) is 78.1 cm³/mol. The van der Waals surface area contributed by atoms with E-state index >= 15 is 0 Å². The molecule has 106 valence electrons. The van der Waals surface area contributed by atoms with Crippen LogP contribution in [0.2, 0.25) is 0 Å². The summed E-state index contributed by atoms with van der Waals surface area (Å²) in [5.41, 5.74) is 0. The first-order valence-corrected chi connectivity index (χ1v) is 8.18. The van der Waals surface area contributed by atoms with Crippen molar-refractivity contribution in [3.8, 4) is 0 Å². The third-order valence-corrected chi connectivity index (χ3v) is 4.23. The molecule has 0 bridgehead atoms. The van der Waals surface area contributed by atoms with Gasteiger partial charge in [-0.15, -0.1) is 11.6 Å². The van der Waals surface area contributed by atoms with Gasteiger partial charge in [-0.25, -0.2) is 0 Å². The Bertz CT molecular complexity index is 233. The molecule has 1 amide bonds. The molecule has 18 heavy (non-hydrogen) atoms. The number of unbranched alkanes of at least 4 members (excludes halogenated alkanes) is 5. The molecule has 0 radical (unpaired) electrons.